The second kappa shape index (κ2) is 7.77. The molecule has 0 aliphatic carbocycles. The topological polar surface area (TPSA) is 26.8 Å². The molecule has 0 radical (unpaired) electrons. The minimum atomic E-state index is 0.207. The summed E-state index contributed by atoms with van der Waals surface area (Å²) in [5, 5.41) is 1.22. The lowest BCUT2D eigenvalue weighted by Gasteiger charge is -2.35. The highest BCUT2D eigenvalue weighted by Crippen LogP contribution is 2.37. The number of amides is 2. The van der Waals surface area contributed by atoms with E-state index in [2.05, 4.69) is 18.0 Å². The molecule has 2 aliphatic rings. The van der Waals surface area contributed by atoms with Gasteiger partial charge in [-0.1, -0.05) is 29.8 Å². The van der Waals surface area contributed by atoms with Crippen molar-refractivity contribution in [3.05, 3.63) is 34.9 Å². The van der Waals surface area contributed by atoms with Gasteiger partial charge >= 0.3 is 6.03 Å². The van der Waals surface area contributed by atoms with Gasteiger partial charge in [-0.25, -0.2) is 4.79 Å². The number of rotatable bonds is 1. The molecule has 3 rings (SSSR count). The summed E-state index contributed by atoms with van der Waals surface area (Å²) in [5.41, 5.74) is 1.20. The Morgan fingerprint density at radius 1 is 1.09 bits per heavy atom. The van der Waals surface area contributed by atoms with Crippen LogP contribution in [0.15, 0.2) is 24.3 Å². The molecule has 0 aromatic heterocycles. The molecule has 6 heteroatoms. The number of halogens is 1. The van der Waals surface area contributed by atoms with E-state index < -0.39 is 0 Å². The van der Waals surface area contributed by atoms with Crippen LogP contribution in [0.5, 0.6) is 0 Å². The van der Waals surface area contributed by atoms with Crippen molar-refractivity contribution in [3.8, 4) is 0 Å². The number of urea groups is 1. The van der Waals surface area contributed by atoms with E-state index in [1.54, 1.807) is 0 Å². The molecule has 0 bridgehead atoms. The Morgan fingerprint density at radius 3 is 2.52 bits per heavy atom. The zero-order valence-corrected chi connectivity index (χ0v) is 15.2. The first kappa shape index (κ1) is 16.9. The van der Waals surface area contributed by atoms with E-state index in [0.717, 1.165) is 56.5 Å². The third-order valence-electron chi connectivity index (χ3n) is 4.64. The lowest BCUT2D eigenvalue weighted by atomic mass is 10.1. The maximum atomic E-state index is 12.7. The van der Waals surface area contributed by atoms with Gasteiger partial charge in [-0.15, -0.1) is 0 Å². The van der Waals surface area contributed by atoms with Gasteiger partial charge < -0.3 is 14.7 Å². The van der Waals surface area contributed by atoms with Gasteiger partial charge in [-0.05, 0) is 25.1 Å². The van der Waals surface area contributed by atoms with Crippen LogP contribution >= 0.6 is 23.4 Å². The van der Waals surface area contributed by atoms with Crippen LogP contribution in [0.25, 0.3) is 0 Å². The Bertz CT molecular complexity index is 548. The van der Waals surface area contributed by atoms with Crippen LogP contribution in [-0.4, -0.2) is 72.8 Å². The fourth-order valence-corrected chi connectivity index (χ4v) is 4.74. The third-order valence-corrected chi connectivity index (χ3v) is 6.29. The summed E-state index contributed by atoms with van der Waals surface area (Å²) in [4.78, 5) is 19.0. The molecule has 2 saturated heterocycles. The van der Waals surface area contributed by atoms with Crippen molar-refractivity contribution in [2.24, 2.45) is 0 Å². The van der Waals surface area contributed by atoms with Gasteiger partial charge in [0.2, 0.25) is 0 Å². The maximum Gasteiger partial charge on any atom is 0.320 e. The Morgan fingerprint density at radius 2 is 1.78 bits per heavy atom. The van der Waals surface area contributed by atoms with Gasteiger partial charge in [0.15, 0.2) is 0 Å². The molecule has 0 saturated carbocycles. The van der Waals surface area contributed by atoms with E-state index in [9.17, 15) is 4.79 Å². The van der Waals surface area contributed by atoms with E-state index >= 15 is 0 Å². The largest absolute Gasteiger partial charge is 0.324 e. The predicted octanol–water partition coefficient (Wildman–Crippen LogP) is 3.19. The normalized spacial score (nSPS) is 23.7. The van der Waals surface area contributed by atoms with Crippen LogP contribution in [0.1, 0.15) is 17.2 Å². The molecular weight excluding hydrogens is 330 g/mol. The van der Waals surface area contributed by atoms with Crippen LogP contribution < -0.4 is 0 Å². The summed E-state index contributed by atoms with van der Waals surface area (Å²) in [6.45, 7) is 5.26. The van der Waals surface area contributed by atoms with E-state index in [-0.39, 0.29) is 6.03 Å². The van der Waals surface area contributed by atoms with Gasteiger partial charge in [0.05, 0.1) is 0 Å². The molecule has 4 nitrogen and oxygen atoms in total. The Balaban J connectivity index is 1.60. The molecular formula is C17H24ClN3OS. The average molecular weight is 354 g/mol. The Hall–Kier alpha value is -0.910. The molecule has 0 spiro atoms. The lowest BCUT2D eigenvalue weighted by molar-refractivity contribution is 0.124. The van der Waals surface area contributed by atoms with Crippen molar-refractivity contribution in [2.45, 2.75) is 11.7 Å². The summed E-state index contributed by atoms with van der Waals surface area (Å²) in [7, 11) is 2.11. The highest BCUT2D eigenvalue weighted by molar-refractivity contribution is 7.99. The standard InChI is InChI=1S/C17H24ClN3OS/c1-19-8-10-21(11-9-19)17(22)20-7-6-16(23-13-12-20)14-4-2-3-5-15(14)18/h2-5,16H,6-13H2,1H3. The molecule has 2 heterocycles. The van der Waals surface area contributed by atoms with Gasteiger partial charge in [0.25, 0.3) is 0 Å². The number of piperazine rings is 1. The van der Waals surface area contributed by atoms with E-state index in [4.69, 9.17) is 11.6 Å². The van der Waals surface area contributed by atoms with Crippen molar-refractivity contribution in [1.29, 1.82) is 0 Å². The number of carbonyl (C=O) groups is 1. The molecule has 1 unspecified atom stereocenters. The minimum Gasteiger partial charge on any atom is -0.324 e. The van der Waals surface area contributed by atoms with Crippen LogP contribution in [0.4, 0.5) is 4.79 Å². The van der Waals surface area contributed by atoms with Crippen LogP contribution in [-0.2, 0) is 0 Å². The van der Waals surface area contributed by atoms with Crippen LogP contribution in [0, 0.1) is 0 Å². The van der Waals surface area contributed by atoms with Crippen molar-refractivity contribution in [2.75, 3.05) is 52.1 Å². The van der Waals surface area contributed by atoms with Gasteiger partial charge in [-0.3, -0.25) is 0 Å². The number of thioether (sulfide) groups is 1. The van der Waals surface area contributed by atoms with Gasteiger partial charge in [0, 0.05) is 55.3 Å². The smallest absolute Gasteiger partial charge is 0.320 e. The van der Waals surface area contributed by atoms with Gasteiger partial charge in [-0.2, -0.15) is 11.8 Å². The number of likely N-dealkylation sites (N-methyl/N-ethyl adjacent to an activating group) is 1. The average Bonchev–Trinajstić information content (AvgIpc) is 2.81. The minimum absolute atomic E-state index is 0.207. The van der Waals surface area contributed by atoms with Gasteiger partial charge in [0.1, 0.15) is 0 Å². The summed E-state index contributed by atoms with van der Waals surface area (Å²) >= 11 is 8.25. The first-order valence-electron chi connectivity index (χ1n) is 8.23. The first-order chi connectivity index (χ1) is 11.1. The number of hydrogen-bond acceptors (Lipinski definition) is 3. The van der Waals surface area contributed by atoms with Crippen LogP contribution in [0.2, 0.25) is 5.02 Å². The fourth-order valence-electron chi connectivity index (χ4n) is 3.14. The fraction of sp³-hybridized carbons (Fsp3) is 0.588. The highest BCUT2D eigenvalue weighted by Gasteiger charge is 2.27. The van der Waals surface area contributed by atoms with E-state index in [0.29, 0.717) is 5.25 Å². The molecule has 2 amide bonds. The first-order valence-corrected chi connectivity index (χ1v) is 9.66. The van der Waals surface area contributed by atoms with Crippen molar-refractivity contribution in [3.63, 3.8) is 0 Å². The molecule has 126 valence electrons. The number of benzene rings is 1. The zero-order valence-electron chi connectivity index (χ0n) is 13.6. The second-order valence-electron chi connectivity index (χ2n) is 6.23. The number of nitrogens with zero attached hydrogens (tertiary/aromatic N) is 3. The van der Waals surface area contributed by atoms with Crippen molar-refractivity contribution >= 4 is 29.4 Å². The molecule has 0 N–H and O–H groups in total. The second-order valence-corrected chi connectivity index (χ2v) is 7.95. The molecule has 2 fully saturated rings. The molecule has 1 atom stereocenters. The zero-order chi connectivity index (χ0) is 16.2. The SMILES string of the molecule is CN1CCN(C(=O)N2CCSC(c3ccccc3Cl)CC2)CC1. The van der Waals surface area contributed by atoms with E-state index in [1.807, 2.05) is 39.8 Å². The Labute approximate surface area is 147 Å². The van der Waals surface area contributed by atoms with Crippen molar-refractivity contribution < 1.29 is 4.79 Å². The third kappa shape index (κ3) is 4.14. The summed E-state index contributed by atoms with van der Waals surface area (Å²) in [6.07, 6.45) is 0.966. The van der Waals surface area contributed by atoms with Crippen LogP contribution in [0.3, 0.4) is 0 Å². The predicted molar refractivity (Wildman–Crippen MR) is 97.3 cm³/mol. The molecule has 1 aromatic rings. The quantitative estimate of drug-likeness (QED) is 0.775. The van der Waals surface area contributed by atoms with Crippen molar-refractivity contribution in [1.82, 2.24) is 14.7 Å². The molecule has 2 aliphatic heterocycles. The molecule has 1 aromatic carbocycles. The lowest BCUT2D eigenvalue weighted by Crippen LogP contribution is -2.52. The monoisotopic (exact) mass is 353 g/mol. The Kier molecular flexibility index (Phi) is 5.72. The summed E-state index contributed by atoms with van der Waals surface area (Å²) in [5.74, 6) is 0.968. The maximum absolute atomic E-state index is 12.7. The summed E-state index contributed by atoms with van der Waals surface area (Å²) < 4.78 is 0. The molecule has 23 heavy (non-hydrogen) atoms. The number of carbonyl (C=O) groups excluding carboxylic acids is 1. The highest BCUT2D eigenvalue weighted by atomic mass is 35.5. The van der Waals surface area contributed by atoms with E-state index in [1.165, 1.54) is 5.56 Å². The summed E-state index contributed by atoms with van der Waals surface area (Å²) in [6, 6.07) is 8.28. The number of hydrogen-bond donors (Lipinski definition) is 0.